The van der Waals surface area contributed by atoms with Crippen molar-refractivity contribution in [2.45, 2.75) is 32.1 Å². The molecule has 0 fully saturated rings. The Morgan fingerprint density at radius 3 is 2.48 bits per heavy atom. The number of nitrogens with zero attached hydrogens (tertiary/aromatic N) is 1. The van der Waals surface area contributed by atoms with Gasteiger partial charge in [-0.1, -0.05) is 18.2 Å². The van der Waals surface area contributed by atoms with Gasteiger partial charge in [0.15, 0.2) is 0 Å². The average molecular weight is 294 g/mol. The van der Waals surface area contributed by atoms with Crippen molar-refractivity contribution in [1.82, 2.24) is 10.3 Å². The van der Waals surface area contributed by atoms with Gasteiger partial charge < -0.3 is 5.32 Å². The van der Waals surface area contributed by atoms with E-state index in [1.165, 1.54) is 12.1 Å². The van der Waals surface area contributed by atoms with Crippen molar-refractivity contribution in [2.75, 3.05) is 0 Å². The van der Waals surface area contributed by atoms with E-state index in [0.717, 1.165) is 11.6 Å². The zero-order valence-electron chi connectivity index (χ0n) is 11.7. The highest BCUT2D eigenvalue weighted by atomic mass is 19.4. The first-order valence-corrected chi connectivity index (χ1v) is 6.73. The summed E-state index contributed by atoms with van der Waals surface area (Å²) in [5.74, 6) is 0. The topological polar surface area (TPSA) is 24.9 Å². The van der Waals surface area contributed by atoms with E-state index in [0.29, 0.717) is 18.5 Å². The largest absolute Gasteiger partial charge is 0.416 e. The minimum absolute atomic E-state index is 0.0849. The van der Waals surface area contributed by atoms with Gasteiger partial charge in [-0.3, -0.25) is 4.98 Å². The number of nitrogens with one attached hydrogen (secondary N) is 1. The van der Waals surface area contributed by atoms with Gasteiger partial charge in [0.1, 0.15) is 0 Å². The van der Waals surface area contributed by atoms with Crippen LogP contribution >= 0.6 is 0 Å². The van der Waals surface area contributed by atoms with Crippen molar-refractivity contribution < 1.29 is 13.2 Å². The Morgan fingerprint density at radius 1 is 1.10 bits per heavy atom. The zero-order valence-corrected chi connectivity index (χ0v) is 11.7. The molecule has 1 aromatic heterocycles. The van der Waals surface area contributed by atoms with Gasteiger partial charge in [0.25, 0.3) is 0 Å². The zero-order chi connectivity index (χ0) is 15.3. The molecule has 0 radical (unpaired) electrons. The number of rotatable bonds is 5. The summed E-state index contributed by atoms with van der Waals surface area (Å²) in [5, 5.41) is 3.30. The van der Waals surface area contributed by atoms with E-state index in [1.807, 2.05) is 19.1 Å². The molecule has 1 atom stereocenters. The summed E-state index contributed by atoms with van der Waals surface area (Å²) >= 11 is 0. The number of aromatic nitrogens is 1. The van der Waals surface area contributed by atoms with Crippen molar-refractivity contribution in [3.8, 4) is 0 Å². The van der Waals surface area contributed by atoms with Gasteiger partial charge in [0.2, 0.25) is 0 Å². The molecule has 0 bridgehead atoms. The van der Waals surface area contributed by atoms with E-state index in [1.54, 1.807) is 18.5 Å². The van der Waals surface area contributed by atoms with Crippen LogP contribution in [0.5, 0.6) is 0 Å². The lowest BCUT2D eigenvalue weighted by molar-refractivity contribution is -0.137. The first-order valence-electron chi connectivity index (χ1n) is 6.73. The van der Waals surface area contributed by atoms with Crippen LogP contribution in [0, 0.1) is 0 Å². The summed E-state index contributed by atoms with van der Waals surface area (Å²) in [5.41, 5.74) is 1.18. The third-order valence-electron chi connectivity index (χ3n) is 3.20. The van der Waals surface area contributed by atoms with Crippen molar-refractivity contribution in [1.29, 1.82) is 0 Å². The molecular weight excluding hydrogens is 277 g/mol. The van der Waals surface area contributed by atoms with Gasteiger partial charge >= 0.3 is 6.18 Å². The van der Waals surface area contributed by atoms with Crippen LogP contribution in [0.4, 0.5) is 13.2 Å². The molecule has 2 nitrogen and oxygen atoms in total. The molecule has 2 rings (SSSR count). The summed E-state index contributed by atoms with van der Waals surface area (Å²) in [6.45, 7) is 2.63. The molecule has 1 N–H and O–H groups in total. The monoisotopic (exact) mass is 294 g/mol. The first-order chi connectivity index (χ1) is 9.95. The van der Waals surface area contributed by atoms with Crippen molar-refractivity contribution in [3.63, 3.8) is 0 Å². The SMILES string of the molecule is CC(Cc1cccc(C(F)(F)F)c1)NCc1ccncc1. The Labute approximate surface area is 122 Å². The number of halogens is 3. The van der Waals surface area contributed by atoms with Gasteiger partial charge in [-0.25, -0.2) is 0 Å². The smallest absolute Gasteiger partial charge is 0.310 e. The highest BCUT2D eigenvalue weighted by molar-refractivity contribution is 5.26. The van der Waals surface area contributed by atoms with Crippen LogP contribution in [-0.2, 0) is 19.1 Å². The first kappa shape index (κ1) is 15.5. The number of alkyl halides is 3. The lowest BCUT2D eigenvalue weighted by Crippen LogP contribution is -2.27. The molecule has 112 valence electrons. The molecule has 0 amide bonds. The molecule has 0 spiro atoms. The molecule has 0 aliphatic heterocycles. The second kappa shape index (κ2) is 6.72. The maximum atomic E-state index is 12.7. The second-order valence-electron chi connectivity index (χ2n) is 5.04. The molecule has 0 saturated carbocycles. The van der Waals surface area contributed by atoms with Crippen molar-refractivity contribution in [3.05, 3.63) is 65.5 Å². The number of hydrogen-bond donors (Lipinski definition) is 1. The molecule has 21 heavy (non-hydrogen) atoms. The Hall–Kier alpha value is -1.88. The van der Waals surface area contributed by atoms with Crippen molar-refractivity contribution >= 4 is 0 Å². The van der Waals surface area contributed by atoms with Crippen LogP contribution in [-0.4, -0.2) is 11.0 Å². The Balaban J connectivity index is 1.92. The van der Waals surface area contributed by atoms with E-state index in [2.05, 4.69) is 10.3 Å². The van der Waals surface area contributed by atoms with Crippen LogP contribution in [0.2, 0.25) is 0 Å². The second-order valence-corrected chi connectivity index (χ2v) is 5.04. The van der Waals surface area contributed by atoms with Gasteiger partial charge in [0, 0.05) is 25.0 Å². The van der Waals surface area contributed by atoms with Gasteiger partial charge in [-0.15, -0.1) is 0 Å². The number of pyridine rings is 1. The van der Waals surface area contributed by atoms with Gasteiger partial charge in [-0.05, 0) is 42.7 Å². The number of hydrogen-bond acceptors (Lipinski definition) is 2. The van der Waals surface area contributed by atoms with E-state index >= 15 is 0 Å². The summed E-state index contributed by atoms with van der Waals surface area (Å²) in [6.07, 6.45) is -0.304. The van der Waals surface area contributed by atoms with E-state index < -0.39 is 11.7 Å². The quantitative estimate of drug-likeness (QED) is 0.906. The Morgan fingerprint density at radius 2 is 1.81 bits per heavy atom. The van der Waals surface area contributed by atoms with Crippen molar-refractivity contribution in [2.24, 2.45) is 0 Å². The predicted octanol–water partition coefficient (Wildman–Crippen LogP) is 3.82. The summed E-state index contributed by atoms with van der Waals surface area (Å²) in [7, 11) is 0. The molecule has 0 aliphatic carbocycles. The summed E-state index contributed by atoms with van der Waals surface area (Å²) in [6, 6.07) is 9.38. The molecule has 0 saturated heterocycles. The summed E-state index contributed by atoms with van der Waals surface area (Å²) < 4.78 is 38.0. The predicted molar refractivity (Wildman–Crippen MR) is 75.7 cm³/mol. The van der Waals surface area contributed by atoms with Crippen LogP contribution in [0.25, 0.3) is 0 Å². The van der Waals surface area contributed by atoms with Crippen LogP contribution < -0.4 is 5.32 Å². The lowest BCUT2D eigenvalue weighted by Gasteiger charge is -2.15. The fraction of sp³-hybridized carbons (Fsp3) is 0.312. The van der Waals surface area contributed by atoms with E-state index in [4.69, 9.17) is 0 Å². The normalized spacial score (nSPS) is 13.1. The highest BCUT2D eigenvalue weighted by Crippen LogP contribution is 2.29. The Bertz CT molecular complexity index is 567. The molecule has 2 aromatic rings. The fourth-order valence-electron chi connectivity index (χ4n) is 2.09. The minimum Gasteiger partial charge on any atom is -0.310 e. The molecule has 1 heterocycles. The fourth-order valence-corrected chi connectivity index (χ4v) is 2.09. The highest BCUT2D eigenvalue weighted by Gasteiger charge is 2.30. The number of benzene rings is 1. The van der Waals surface area contributed by atoms with Crippen LogP contribution in [0.15, 0.2) is 48.8 Å². The van der Waals surface area contributed by atoms with Gasteiger partial charge in [0.05, 0.1) is 5.56 Å². The minimum atomic E-state index is -4.29. The average Bonchev–Trinajstić information content (AvgIpc) is 2.46. The Kier molecular flexibility index (Phi) is 4.96. The molecular formula is C16H17F3N2. The van der Waals surface area contributed by atoms with Gasteiger partial charge in [-0.2, -0.15) is 13.2 Å². The maximum absolute atomic E-state index is 12.7. The van der Waals surface area contributed by atoms with Crippen LogP contribution in [0.1, 0.15) is 23.6 Å². The maximum Gasteiger partial charge on any atom is 0.416 e. The lowest BCUT2D eigenvalue weighted by atomic mass is 10.0. The summed E-state index contributed by atoms with van der Waals surface area (Å²) in [4.78, 5) is 3.94. The molecule has 0 aliphatic rings. The molecule has 5 heteroatoms. The van der Waals surface area contributed by atoms with E-state index in [-0.39, 0.29) is 6.04 Å². The molecule has 1 unspecified atom stereocenters. The third kappa shape index (κ3) is 4.86. The standard InChI is InChI=1S/C16H17F3N2/c1-12(21-11-13-5-7-20-8-6-13)9-14-3-2-4-15(10-14)16(17,18)19/h2-8,10,12,21H,9,11H2,1H3. The van der Waals surface area contributed by atoms with E-state index in [9.17, 15) is 13.2 Å². The van der Waals surface area contributed by atoms with Crippen LogP contribution in [0.3, 0.4) is 0 Å². The molecule has 1 aromatic carbocycles. The third-order valence-corrected chi connectivity index (χ3v) is 3.20.